The van der Waals surface area contributed by atoms with Crippen molar-refractivity contribution in [3.05, 3.63) is 0 Å². The van der Waals surface area contributed by atoms with E-state index in [4.69, 9.17) is 3.47 Å². The Morgan fingerprint density at radius 3 is 0.667 bits per heavy atom. The van der Waals surface area contributed by atoms with Crippen LogP contribution in [0.4, 0.5) is 18.8 Å². The molecule has 0 amide bonds. The van der Waals surface area contributed by atoms with Crippen LogP contribution in [0.25, 0.3) is 0 Å². The normalized spacial score (nSPS) is 0.667. The summed E-state index contributed by atoms with van der Waals surface area (Å²) < 4.78 is 8.31. The molecule has 0 N–H and O–H groups in total. The van der Waals surface area contributed by atoms with Crippen LogP contribution in [0, 0.1) is 0 Å². The molecule has 0 aliphatic heterocycles. The Hall–Kier alpha value is 0.182. The first-order valence-electron chi connectivity index (χ1n) is 0.154. The fourth-order valence-electron chi connectivity index (χ4n) is 0. The van der Waals surface area contributed by atoms with Crippen molar-refractivity contribution in [3.8, 4) is 0 Å². The molecule has 0 aromatic carbocycles. The molecule has 0 aromatic rings. The predicted molar refractivity (Wildman–Crippen MR) is 10.7 cm³/mol. The summed E-state index contributed by atoms with van der Waals surface area (Å²) in [5.74, 6) is 0. The average Bonchev–Trinajstić information content (AvgIpc) is 1.00. The maximum absolute atomic E-state index is 8.31. The van der Waals surface area contributed by atoms with E-state index in [1.807, 2.05) is 0 Å². The van der Waals surface area contributed by atoms with Gasteiger partial charge in [-0.3, -0.25) is 18.8 Å². The summed E-state index contributed by atoms with van der Waals surface area (Å²) in [6.45, 7) is 0. The molecule has 0 aliphatic carbocycles. The summed E-state index contributed by atoms with van der Waals surface area (Å²) in [7, 11) is 0. The minimum absolute atomic E-state index is 0. The van der Waals surface area contributed by atoms with E-state index in [1.54, 1.807) is 0 Å². The van der Waals surface area contributed by atoms with E-state index in [9.17, 15) is 0 Å². The summed E-state index contributed by atoms with van der Waals surface area (Å²) in [5, 5.41) is 0. The predicted octanol–water partition coefficient (Wildman–Crippen LogP) is 0.489. The number of rotatable bonds is 0. The van der Waals surface area contributed by atoms with E-state index in [0.717, 1.165) is 0 Å². The molecule has 0 fully saturated rings. The van der Waals surface area contributed by atoms with Crippen LogP contribution in [0.3, 0.4) is 0 Å². The van der Waals surface area contributed by atoms with Gasteiger partial charge >= 0.3 is 22.6 Å². The van der Waals surface area contributed by atoms with Gasteiger partial charge in [-0.2, -0.15) is 0 Å². The molecule has 6 heteroatoms. The van der Waals surface area contributed by atoms with Gasteiger partial charge in [0, 0.05) is 0 Å². The zero-order chi connectivity index (χ0) is 2.00. The van der Waals surface area contributed by atoms with Gasteiger partial charge in [0.25, 0.3) is 0 Å². The molecule has 0 atom stereocenters. The van der Waals surface area contributed by atoms with Gasteiger partial charge in [-0.05, 0) is 0 Å². The summed E-state index contributed by atoms with van der Waals surface area (Å²) in [6.07, 6.45) is 0. The van der Waals surface area contributed by atoms with Crippen LogP contribution in [0.5, 0.6) is 0 Å². The van der Waals surface area contributed by atoms with Gasteiger partial charge in [0.2, 0.25) is 0 Å². The van der Waals surface area contributed by atoms with Gasteiger partial charge < -0.3 is 0 Å². The summed E-state index contributed by atoms with van der Waals surface area (Å²) in [4.78, 5) is 0. The van der Waals surface area contributed by atoms with Crippen LogP contribution in [0.1, 0.15) is 0 Å². The Morgan fingerprint density at radius 1 is 0.667 bits per heavy atom. The SMILES string of the molecule is F.F.F.F.[O]=[Re]. The molecule has 0 unspecified atom stereocenters. The number of hydrogen-bond acceptors (Lipinski definition) is 1. The molecular formula is H4F4ORe. The number of hydrogen-bond donors (Lipinski definition) is 0. The average molecular weight is 282 g/mol. The zero-order valence-corrected chi connectivity index (χ0v) is 5.14. The Kier molecular flexibility index (Phi) is 54000. The van der Waals surface area contributed by atoms with Crippen molar-refractivity contribution in [1.29, 1.82) is 0 Å². The van der Waals surface area contributed by atoms with Gasteiger partial charge in [0.1, 0.15) is 0 Å². The Morgan fingerprint density at radius 2 is 0.667 bits per heavy atom. The molecule has 1 nitrogen and oxygen atoms in total. The Labute approximate surface area is 42.3 Å². The summed E-state index contributed by atoms with van der Waals surface area (Å²) in [5.41, 5.74) is 0. The molecule has 6 heavy (non-hydrogen) atoms. The Balaban J connectivity index is -0.000000000833. The van der Waals surface area contributed by atoms with Gasteiger partial charge in [-0.1, -0.05) is 0 Å². The van der Waals surface area contributed by atoms with Crippen molar-refractivity contribution in [2.45, 2.75) is 0 Å². The molecule has 0 radical (unpaired) electrons. The molecule has 0 heterocycles. The van der Waals surface area contributed by atoms with Crippen molar-refractivity contribution < 1.29 is 41.4 Å². The van der Waals surface area contributed by atoms with E-state index in [2.05, 4.69) is 0 Å². The van der Waals surface area contributed by atoms with Gasteiger partial charge in [-0.25, -0.2) is 0 Å². The number of halogens is 4. The van der Waals surface area contributed by atoms with Crippen molar-refractivity contribution >= 4 is 0 Å². The van der Waals surface area contributed by atoms with E-state index in [0.29, 0.717) is 19.2 Å². The molecule has 0 saturated carbocycles. The molecule has 45 valence electrons. The third kappa shape index (κ3) is 1270. The van der Waals surface area contributed by atoms with Crippen LogP contribution < -0.4 is 0 Å². The van der Waals surface area contributed by atoms with E-state index in [1.165, 1.54) is 0 Å². The Bertz CT molecular complexity index is 7.51. The van der Waals surface area contributed by atoms with Gasteiger partial charge in [0.15, 0.2) is 0 Å². The molecule has 0 saturated heterocycles. The van der Waals surface area contributed by atoms with E-state index < -0.39 is 0 Å². The minimum atomic E-state index is 0. The fourth-order valence-corrected chi connectivity index (χ4v) is 0. The second kappa shape index (κ2) is 2730. The van der Waals surface area contributed by atoms with Gasteiger partial charge in [-0.15, -0.1) is 0 Å². The fraction of sp³-hybridized carbons (Fsp3) is 0. The van der Waals surface area contributed by atoms with Crippen molar-refractivity contribution in [2.75, 3.05) is 0 Å². The third-order valence-corrected chi connectivity index (χ3v) is 0. The van der Waals surface area contributed by atoms with Gasteiger partial charge in [0.05, 0.1) is 0 Å². The first kappa shape index (κ1) is 119. The molecule has 0 bridgehead atoms. The molecule has 0 spiro atoms. The van der Waals surface area contributed by atoms with Crippen LogP contribution in [-0.2, 0) is 22.6 Å². The topological polar surface area (TPSA) is 17.1 Å². The third-order valence-electron chi connectivity index (χ3n) is 0. The monoisotopic (exact) mass is 283 g/mol. The van der Waals surface area contributed by atoms with Crippen molar-refractivity contribution in [2.24, 2.45) is 0 Å². The quantitative estimate of drug-likeness (QED) is 0.591. The van der Waals surface area contributed by atoms with Crippen LogP contribution in [-0.4, -0.2) is 0 Å². The summed E-state index contributed by atoms with van der Waals surface area (Å²) in [6, 6.07) is 0. The summed E-state index contributed by atoms with van der Waals surface area (Å²) >= 11 is 0.472. The standard InChI is InChI=1S/4FH.O.Re/h4*1H;;. The van der Waals surface area contributed by atoms with Crippen molar-refractivity contribution in [1.82, 2.24) is 0 Å². The van der Waals surface area contributed by atoms with Crippen LogP contribution in [0.2, 0.25) is 0 Å². The second-order valence-electron chi connectivity index (χ2n) is 0. The molecular weight excluding hydrogens is 278 g/mol. The van der Waals surface area contributed by atoms with Crippen molar-refractivity contribution in [3.63, 3.8) is 0 Å². The van der Waals surface area contributed by atoms with Crippen LogP contribution >= 0.6 is 0 Å². The first-order valence-corrected chi connectivity index (χ1v) is 1.26. The van der Waals surface area contributed by atoms with E-state index >= 15 is 0 Å². The van der Waals surface area contributed by atoms with E-state index in [-0.39, 0.29) is 18.8 Å². The maximum atomic E-state index is 8.31. The van der Waals surface area contributed by atoms with Crippen LogP contribution in [0.15, 0.2) is 0 Å². The molecule has 0 aliphatic rings. The second-order valence-corrected chi connectivity index (χ2v) is 0. The zero-order valence-electron chi connectivity index (χ0n) is 2.42. The molecule has 0 rings (SSSR count). The first-order chi connectivity index (χ1) is 1.00. The molecule has 0 aromatic heterocycles.